The van der Waals surface area contributed by atoms with E-state index in [-0.39, 0.29) is 5.54 Å². The van der Waals surface area contributed by atoms with Crippen molar-refractivity contribution in [3.05, 3.63) is 18.0 Å². The van der Waals surface area contributed by atoms with E-state index in [2.05, 4.69) is 61.8 Å². The second-order valence-corrected chi connectivity index (χ2v) is 6.84. The van der Waals surface area contributed by atoms with Gasteiger partial charge in [-0.3, -0.25) is 9.58 Å². The van der Waals surface area contributed by atoms with Gasteiger partial charge in [0.2, 0.25) is 0 Å². The van der Waals surface area contributed by atoms with Gasteiger partial charge in [0, 0.05) is 36.9 Å². The zero-order valence-electron chi connectivity index (χ0n) is 14.4. The van der Waals surface area contributed by atoms with Crippen LogP contribution in [0.3, 0.4) is 0 Å². The topological polar surface area (TPSA) is 33.1 Å². The summed E-state index contributed by atoms with van der Waals surface area (Å²) >= 11 is 0. The average Bonchev–Trinajstić information content (AvgIpc) is 2.87. The maximum atomic E-state index is 4.72. The van der Waals surface area contributed by atoms with Crippen LogP contribution >= 0.6 is 0 Å². The summed E-state index contributed by atoms with van der Waals surface area (Å²) in [5.41, 5.74) is 1.46. The van der Waals surface area contributed by atoms with Crippen LogP contribution < -0.4 is 5.32 Å². The highest BCUT2D eigenvalue weighted by atomic mass is 15.3. The van der Waals surface area contributed by atoms with Crippen molar-refractivity contribution < 1.29 is 0 Å². The molecule has 0 saturated carbocycles. The van der Waals surface area contributed by atoms with Crippen molar-refractivity contribution >= 4 is 0 Å². The summed E-state index contributed by atoms with van der Waals surface area (Å²) in [6, 6.07) is 3.22. The molecule has 0 aromatic carbocycles. The fourth-order valence-electron chi connectivity index (χ4n) is 3.22. The number of nitrogens with one attached hydrogen (secondary N) is 1. The lowest BCUT2D eigenvalue weighted by molar-refractivity contribution is 0.150. The van der Waals surface area contributed by atoms with Crippen LogP contribution in [0.4, 0.5) is 0 Å². The molecule has 0 spiro atoms. The Morgan fingerprint density at radius 2 is 2.10 bits per heavy atom. The van der Waals surface area contributed by atoms with E-state index in [9.17, 15) is 0 Å². The Morgan fingerprint density at radius 1 is 1.38 bits per heavy atom. The van der Waals surface area contributed by atoms with E-state index >= 15 is 0 Å². The molecule has 120 valence electrons. The molecule has 1 saturated heterocycles. The van der Waals surface area contributed by atoms with Crippen molar-refractivity contribution in [3.63, 3.8) is 0 Å². The zero-order chi connectivity index (χ0) is 15.5. The van der Waals surface area contributed by atoms with Crippen LogP contribution in [-0.2, 0) is 6.54 Å². The molecule has 0 radical (unpaired) electrons. The largest absolute Gasteiger partial charge is 0.310 e. The summed E-state index contributed by atoms with van der Waals surface area (Å²) in [5, 5.41) is 8.52. The molecule has 1 fully saturated rings. The van der Waals surface area contributed by atoms with E-state index < -0.39 is 0 Å². The molecule has 1 aromatic rings. The third-order valence-electron chi connectivity index (χ3n) is 5.10. The fraction of sp³-hybridized carbons (Fsp3) is 0.824. The van der Waals surface area contributed by atoms with Gasteiger partial charge in [0.15, 0.2) is 0 Å². The molecule has 1 aromatic heterocycles. The van der Waals surface area contributed by atoms with Gasteiger partial charge in [-0.1, -0.05) is 13.8 Å². The summed E-state index contributed by atoms with van der Waals surface area (Å²) in [6.45, 7) is 14.5. The van der Waals surface area contributed by atoms with E-state index in [1.807, 2.05) is 0 Å². The Morgan fingerprint density at radius 3 is 2.67 bits per heavy atom. The lowest BCUT2D eigenvalue weighted by atomic mass is 9.92. The Balaban J connectivity index is 2.11. The molecule has 0 bridgehead atoms. The van der Waals surface area contributed by atoms with Crippen molar-refractivity contribution in [2.24, 2.45) is 0 Å². The summed E-state index contributed by atoms with van der Waals surface area (Å²) in [7, 11) is 0. The maximum absolute atomic E-state index is 4.72. The highest BCUT2D eigenvalue weighted by molar-refractivity contribution is 5.02. The van der Waals surface area contributed by atoms with E-state index in [0.29, 0.717) is 12.1 Å². The van der Waals surface area contributed by atoms with Gasteiger partial charge in [0.25, 0.3) is 0 Å². The Hall–Kier alpha value is -0.870. The molecule has 4 heteroatoms. The van der Waals surface area contributed by atoms with Crippen LogP contribution in [0.2, 0.25) is 0 Å². The van der Waals surface area contributed by atoms with Crippen LogP contribution in [0.5, 0.6) is 0 Å². The first-order valence-corrected chi connectivity index (χ1v) is 8.52. The fourth-order valence-corrected chi connectivity index (χ4v) is 3.22. The molecule has 0 amide bonds. The molecule has 21 heavy (non-hydrogen) atoms. The normalized spacial score (nSPS) is 23.4. The number of hydrogen-bond donors (Lipinski definition) is 1. The Labute approximate surface area is 129 Å². The smallest absolute Gasteiger partial charge is 0.0765 e. The van der Waals surface area contributed by atoms with Crippen LogP contribution in [0.25, 0.3) is 0 Å². The molecule has 2 rings (SSSR count). The van der Waals surface area contributed by atoms with Gasteiger partial charge in [0.05, 0.1) is 5.69 Å². The maximum Gasteiger partial charge on any atom is 0.0765 e. The van der Waals surface area contributed by atoms with Crippen LogP contribution in [-0.4, -0.2) is 39.4 Å². The van der Waals surface area contributed by atoms with Crippen molar-refractivity contribution in [1.82, 2.24) is 20.0 Å². The molecule has 1 aliphatic heterocycles. The Kier molecular flexibility index (Phi) is 5.44. The highest BCUT2D eigenvalue weighted by Crippen LogP contribution is 2.23. The van der Waals surface area contributed by atoms with Crippen LogP contribution in [0.15, 0.2) is 12.3 Å². The number of rotatable bonds is 5. The third kappa shape index (κ3) is 3.86. The van der Waals surface area contributed by atoms with Crippen LogP contribution in [0.1, 0.15) is 65.6 Å². The van der Waals surface area contributed by atoms with E-state index in [0.717, 1.165) is 19.6 Å². The third-order valence-corrected chi connectivity index (χ3v) is 5.10. The molecular formula is C17H32N4. The molecule has 2 heterocycles. The van der Waals surface area contributed by atoms with Gasteiger partial charge in [-0.2, -0.15) is 5.10 Å². The first-order valence-electron chi connectivity index (χ1n) is 8.52. The number of hydrogen-bond acceptors (Lipinski definition) is 3. The first kappa shape index (κ1) is 16.5. The lowest BCUT2D eigenvalue weighted by Crippen LogP contribution is -2.51. The number of aromatic nitrogens is 2. The molecular weight excluding hydrogens is 260 g/mol. The number of nitrogens with zero attached hydrogens (tertiary/aromatic N) is 3. The first-order chi connectivity index (χ1) is 9.99. The quantitative estimate of drug-likeness (QED) is 0.904. The second-order valence-electron chi connectivity index (χ2n) is 6.84. The van der Waals surface area contributed by atoms with Gasteiger partial charge in [-0.05, 0) is 52.6 Å². The van der Waals surface area contributed by atoms with Gasteiger partial charge in [0.1, 0.15) is 0 Å². The summed E-state index contributed by atoms with van der Waals surface area (Å²) in [6.07, 6.45) is 5.70. The molecule has 4 nitrogen and oxygen atoms in total. The van der Waals surface area contributed by atoms with Gasteiger partial charge >= 0.3 is 0 Å². The molecule has 0 aliphatic carbocycles. The molecule has 1 aliphatic rings. The summed E-state index contributed by atoms with van der Waals surface area (Å²) in [4.78, 5) is 2.61. The minimum atomic E-state index is 0.269. The Bertz CT molecular complexity index is 434. The zero-order valence-corrected chi connectivity index (χ0v) is 14.4. The van der Waals surface area contributed by atoms with Crippen molar-refractivity contribution in [1.29, 1.82) is 0 Å². The van der Waals surface area contributed by atoms with E-state index in [4.69, 9.17) is 5.10 Å². The summed E-state index contributed by atoms with van der Waals surface area (Å²) in [5.74, 6) is 0. The van der Waals surface area contributed by atoms with Gasteiger partial charge in [-0.15, -0.1) is 0 Å². The van der Waals surface area contributed by atoms with Crippen LogP contribution in [0, 0.1) is 0 Å². The SMILES string of the molecule is CCC1(CC)CN(Cc2ccn(C(C)C)n2)C(C)CCN1. The van der Waals surface area contributed by atoms with Gasteiger partial charge in [-0.25, -0.2) is 0 Å². The van der Waals surface area contributed by atoms with Crippen molar-refractivity contribution in [2.75, 3.05) is 13.1 Å². The minimum absolute atomic E-state index is 0.269. The van der Waals surface area contributed by atoms with Gasteiger partial charge < -0.3 is 5.32 Å². The summed E-state index contributed by atoms with van der Waals surface area (Å²) < 4.78 is 2.06. The second kappa shape index (κ2) is 6.93. The predicted octanol–water partition coefficient (Wildman–Crippen LogP) is 3.21. The monoisotopic (exact) mass is 292 g/mol. The van der Waals surface area contributed by atoms with E-state index in [1.165, 1.54) is 25.0 Å². The highest BCUT2D eigenvalue weighted by Gasteiger charge is 2.33. The lowest BCUT2D eigenvalue weighted by Gasteiger charge is -2.36. The average molecular weight is 292 g/mol. The van der Waals surface area contributed by atoms with Crippen molar-refractivity contribution in [3.8, 4) is 0 Å². The van der Waals surface area contributed by atoms with Crippen molar-refractivity contribution in [2.45, 2.75) is 78.0 Å². The molecule has 1 atom stereocenters. The standard InChI is InChI=1S/C17H32N4/c1-6-17(7-2)13-20(15(5)8-10-18-17)12-16-9-11-21(19-16)14(3)4/h9,11,14-15,18H,6-8,10,12-13H2,1-5H3. The molecule has 1 N–H and O–H groups in total. The predicted molar refractivity (Wildman–Crippen MR) is 88.4 cm³/mol. The minimum Gasteiger partial charge on any atom is -0.310 e. The molecule has 1 unspecified atom stereocenters. The van der Waals surface area contributed by atoms with E-state index in [1.54, 1.807) is 0 Å².